The number of nitrogen functional groups attached to an aromatic ring is 1. The van der Waals surface area contributed by atoms with Crippen LogP contribution in [0.3, 0.4) is 0 Å². The molecular weight excluding hydrogens is 320 g/mol. The number of anilines is 2. The van der Waals surface area contributed by atoms with Crippen molar-refractivity contribution >= 4 is 23.3 Å². The monoisotopic (exact) mass is 340 g/mol. The Morgan fingerprint density at radius 2 is 2.08 bits per heavy atom. The lowest BCUT2D eigenvalue weighted by molar-refractivity contribution is -0.136. The maximum Gasteiger partial charge on any atom is 0.313 e. The average Bonchev–Trinajstić information content (AvgIpc) is 2.98. The molecule has 1 aromatic heterocycles. The van der Waals surface area contributed by atoms with Crippen LogP contribution in [0.5, 0.6) is 0 Å². The van der Waals surface area contributed by atoms with Gasteiger partial charge >= 0.3 is 11.8 Å². The number of aromatic amines is 1. The fourth-order valence-electron chi connectivity index (χ4n) is 2.38. The van der Waals surface area contributed by atoms with Gasteiger partial charge in [0.05, 0.1) is 5.69 Å². The molecule has 0 aliphatic heterocycles. The number of amides is 2. The number of nitrogens with two attached hydrogens (primary N) is 1. The van der Waals surface area contributed by atoms with Gasteiger partial charge in [0.2, 0.25) is 0 Å². The second-order valence-corrected chi connectivity index (χ2v) is 5.40. The molecule has 0 radical (unpaired) electrons. The van der Waals surface area contributed by atoms with Gasteiger partial charge in [-0.3, -0.25) is 14.7 Å². The van der Waals surface area contributed by atoms with Gasteiger partial charge in [0.15, 0.2) is 5.82 Å². The summed E-state index contributed by atoms with van der Waals surface area (Å²) in [7, 11) is 0. The first kappa shape index (κ1) is 18.0. The molecule has 8 heteroatoms. The molecule has 2 amide bonds. The highest BCUT2D eigenvalue weighted by atomic mass is 16.2. The molecule has 25 heavy (non-hydrogen) atoms. The van der Waals surface area contributed by atoms with Crippen LogP contribution in [-0.4, -0.2) is 28.6 Å². The molecule has 0 fully saturated rings. The van der Waals surface area contributed by atoms with Gasteiger partial charge < -0.3 is 16.4 Å². The Bertz CT molecular complexity index is 806. The van der Waals surface area contributed by atoms with Crippen LogP contribution in [0.1, 0.15) is 30.2 Å². The number of carbonyl (C=O) groups excluding carboxylic acids is 2. The number of H-pyrrole nitrogens is 1. The summed E-state index contributed by atoms with van der Waals surface area (Å²) in [6.45, 7) is 2.27. The highest BCUT2D eigenvalue weighted by Crippen LogP contribution is 2.15. The van der Waals surface area contributed by atoms with Gasteiger partial charge in [0.1, 0.15) is 11.6 Å². The molecule has 0 unspecified atom stereocenters. The molecule has 0 saturated heterocycles. The van der Waals surface area contributed by atoms with E-state index in [0.29, 0.717) is 36.3 Å². The lowest BCUT2D eigenvalue weighted by atomic mass is 10.1. The van der Waals surface area contributed by atoms with E-state index in [-0.39, 0.29) is 5.82 Å². The SMILES string of the molecule is CCc1ccccc1NC(=O)C(=O)NCCCc1[nH]nc(N)c1C#N. The third kappa shape index (κ3) is 4.57. The molecule has 0 spiro atoms. The van der Waals surface area contributed by atoms with Crippen LogP contribution in [0.4, 0.5) is 11.5 Å². The van der Waals surface area contributed by atoms with E-state index in [1.807, 2.05) is 25.1 Å². The molecule has 2 rings (SSSR count). The minimum absolute atomic E-state index is 0.163. The number of hydrogen-bond acceptors (Lipinski definition) is 5. The Morgan fingerprint density at radius 3 is 2.80 bits per heavy atom. The molecule has 0 saturated carbocycles. The number of aromatic nitrogens is 2. The first-order valence-corrected chi connectivity index (χ1v) is 7.96. The van der Waals surface area contributed by atoms with E-state index in [9.17, 15) is 9.59 Å². The Labute approximate surface area is 145 Å². The normalized spacial score (nSPS) is 10.1. The fourth-order valence-corrected chi connectivity index (χ4v) is 2.38. The van der Waals surface area contributed by atoms with E-state index in [1.165, 1.54) is 0 Å². The number of aryl methyl sites for hydroxylation is 2. The predicted molar refractivity (Wildman–Crippen MR) is 93.5 cm³/mol. The molecule has 0 aliphatic rings. The minimum atomic E-state index is -0.704. The summed E-state index contributed by atoms with van der Waals surface area (Å²) < 4.78 is 0. The molecule has 0 aliphatic carbocycles. The van der Waals surface area contributed by atoms with Gasteiger partial charge in [-0.25, -0.2) is 0 Å². The van der Waals surface area contributed by atoms with Crippen LogP contribution >= 0.6 is 0 Å². The van der Waals surface area contributed by atoms with Crippen LogP contribution in [-0.2, 0) is 22.4 Å². The first-order valence-electron chi connectivity index (χ1n) is 7.96. The molecule has 2 aromatic rings. The maximum absolute atomic E-state index is 11.9. The molecule has 130 valence electrons. The molecule has 0 bridgehead atoms. The molecule has 1 aromatic carbocycles. The standard InChI is InChI=1S/C17H20N6O2/c1-2-11-6-3-4-7-13(11)21-17(25)16(24)20-9-5-8-14-12(10-18)15(19)23-22-14/h3-4,6-7H,2,5,8-9H2,1H3,(H,20,24)(H,21,25)(H3,19,22,23). The zero-order valence-corrected chi connectivity index (χ0v) is 13.9. The summed E-state index contributed by atoms with van der Waals surface area (Å²) in [4.78, 5) is 23.8. The van der Waals surface area contributed by atoms with Gasteiger partial charge in [-0.05, 0) is 30.9 Å². The number of nitrogens with one attached hydrogen (secondary N) is 3. The van der Waals surface area contributed by atoms with Crippen molar-refractivity contribution in [1.82, 2.24) is 15.5 Å². The Kier molecular flexibility index (Phi) is 6.12. The molecular formula is C17H20N6O2. The van der Waals surface area contributed by atoms with Crippen molar-refractivity contribution < 1.29 is 9.59 Å². The van der Waals surface area contributed by atoms with Crippen molar-refractivity contribution in [2.45, 2.75) is 26.2 Å². The number of carbonyl (C=O) groups is 2. The number of rotatable bonds is 6. The summed E-state index contributed by atoms with van der Waals surface area (Å²) in [6, 6.07) is 9.32. The number of para-hydroxylation sites is 1. The number of nitriles is 1. The van der Waals surface area contributed by atoms with Gasteiger partial charge in [-0.15, -0.1) is 0 Å². The Hall–Kier alpha value is -3.34. The summed E-state index contributed by atoms with van der Waals surface area (Å²) in [6.07, 6.45) is 1.79. The summed E-state index contributed by atoms with van der Waals surface area (Å²) in [5.74, 6) is -1.24. The van der Waals surface area contributed by atoms with E-state index >= 15 is 0 Å². The van der Waals surface area contributed by atoms with Crippen molar-refractivity contribution in [2.75, 3.05) is 17.6 Å². The summed E-state index contributed by atoms with van der Waals surface area (Å²) in [5, 5.41) is 20.6. The molecule has 0 atom stereocenters. The first-order chi connectivity index (χ1) is 12.1. The molecule has 8 nitrogen and oxygen atoms in total. The third-order valence-corrected chi connectivity index (χ3v) is 3.72. The van der Waals surface area contributed by atoms with Gasteiger partial charge in [-0.2, -0.15) is 10.4 Å². The van der Waals surface area contributed by atoms with E-state index in [4.69, 9.17) is 11.0 Å². The highest BCUT2D eigenvalue weighted by Gasteiger charge is 2.15. The second-order valence-electron chi connectivity index (χ2n) is 5.40. The highest BCUT2D eigenvalue weighted by molar-refractivity contribution is 6.39. The van der Waals surface area contributed by atoms with Crippen molar-refractivity contribution in [3.05, 3.63) is 41.1 Å². The lowest BCUT2D eigenvalue weighted by Gasteiger charge is -2.09. The fraction of sp³-hybridized carbons (Fsp3) is 0.294. The number of nitrogens with zero attached hydrogens (tertiary/aromatic N) is 2. The van der Waals surface area contributed by atoms with Crippen molar-refractivity contribution in [3.8, 4) is 6.07 Å². The van der Waals surface area contributed by atoms with Gasteiger partial charge in [0, 0.05) is 12.2 Å². The van der Waals surface area contributed by atoms with Gasteiger partial charge in [0.25, 0.3) is 0 Å². The zero-order valence-electron chi connectivity index (χ0n) is 13.9. The van der Waals surface area contributed by atoms with Crippen molar-refractivity contribution in [1.29, 1.82) is 5.26 Å². The average molecular weight is 340 g/mol. The van der Waals surface area contributed by atoms with E-state index in [1.54, 1.807) is 12.1 Å². The summed E-state index contributed by atoms with van der Waals surface area (Å²) in [5.41, 5.74) is 8.09. The topological polar surface area (TPSA) is 137 Å². The predicted octanol–water partition coefficient (Wildman–Crippen LogP) is 1.11. The summed E-state index contributed by atoms with van der Waals surface area (Å²) >= 11 is 0. The maximum atomic E-state index is 11.9. The number of benzene rings is 1. The quantitative estimate of drug-likeness (QED) is 0.461. The van der Waals surface area contributed by atoms with Crippen LogP contribution in [0.25, 0.3) is 0 Å². The third-order valence-electron chi connectivity index (χ3n) is 3.72. The van der Waals surface area contributed by atoms with Crippen molar-refractivity contribution in [2.24, 2.45) is 0 Å². The van der Waals surface area contributed by atoms with Crippen LogP contribution < -0.4 is 16.4 Å². The Balaban J connectivity index is 1.80. The van der Waals surface area contributed by atoms with Crippen LogP contribution in [0.15, 0.2) is 24.3 Å². The lowest BCUT2D eigenvalue weighted by Crippen LogP contribution is -2.36. The largest absolute Gasteiger partial charge is 0.381 e. The van der Waals surface area contributed by atoms with E-state index in [0.717, 1.165) is 12.0 Å². The van der Waals surface area contributed by atoms with Crippen LogP contribution in [0.2, 0.25) is 0 Å². The van der Waals surface area contributed by atoms with Crippen molar-refractivity contribution in [3.63, 3.8) is 0 Å². The molecule has 5 N–H and O–H groups in total. The Morgan fingerprint density at radius 1 is 1.32 bits per heavy atom. The smallest absolute Gasteiger partial charge is 0.313 e. The zero-order chi connectivity index (χ0) is 18.2. The second kappa shape index (κ2) is 8.49. The molecule has 1 heterocycles. The van der Waals surface area contributed by atoms with E-state index in [2.05, 4.69) is 20.8 Å². The van der Waals surface area contributed by atoms with Crippen LogP contribution in [0, 0.1) is 11.3 Å². The van der Waals surface area contributed by atoms with E-state index < -0.39 is 11.8 Å². The van der Waals surface area contributed by atoms with Gasteiger partial charge in [-0.1, -0.05) is 25.1 Å². The minimum Gasteiger partial charge on any atom is -0.381 e. The number of hydrogen-bond donors (Lipinski definition) is 4.